The molecule has 0 aromatic carbocycles. The Kier molecular flexibility index (Phi) is 2.74. The summed E-state index contributed by atoms with van der Waals surface area (Å²) < 4.78 is 0.753. The van der Waals surface area contributed by atoms with Crippen molar-refractivity contribution in [2.24, 2.45) is 0 Å². The highest BCUT2D eigenvalue weighted by molar-refractivity contribution is 7.71. The molecule has 0 unspecified atom stereocenters. The number of nitrogens with one attached hydrogen (secondary N) is 1. The third-order valence-electron chi connectivity index (χ3n) is 3.31. The lowest BCUT2D eigenvalue weighted by atomic mass is 10.1. The van der Waals surface area contributed by atoms with Crippen LogP contribution >= 0.6 is 12.2 Å². The number of nitrogens with zero attached hydrogens (tertiary/aromatic N) is 2. The lowest BCUT2D eigenvalue weighted by Gasteiger charge is -2.07. The summed E-state index contributed by atoms with van der Waals surface area (Å²) in [5.41, 5.74) is 5.58. The summed E-state index contributed by atoms with van der Waals surface area (Å²) in [5.74, 6) is 0.870. The summed E-state index contributed by atoms with van der Waals surface area (Å²) in [6, 6.07) is 4.09. The van der Waals surface area contributed by atoms with Gasteiger partial charge in [-0.3, -0.25) is 4.98 Å². The molecule has 3 rings (SSSR count). The fraction of sp³-hybridized carbons (Fsp3) is 0.357. The topological polar surface area (TPSA) is 41.6 Å². The van der Waals surface area contributed by atoms with E-state index in [0.29, 0.717) is 0 Å². The maximum atomic E-state index is 5.39. The minimum absolute atomic E-state index is 0.753. The van der Waals surface area contributed by atoms with Gasteiger partial charge in [-0.1, -0.05) is 12.2 Å². The van der Waals surface area contributed by atoms with Crippen LogP contribution in [0.5, 0.6) is 0 Å². The molecule has 2 aromatic rings. The Morgan fingerprint density at radius 1 is 1.11 bits per heavy atom. The van der Waals surface area contributed by atoms with E-state index in [4.69, 9.17) is 12.2 Å². The van der Waals surface area contributed by atoms with Crippen LogP contribution in [0, 0.1) is 18.5 Å². The summed E-state index contributed by atoms with van der Waals surface area (Å²) in [6.07, 6.45) is 3.32. The molecule has 0 spiro atoms. The van der Waals surface area contributed by atoms with Gasteiger partial charge in [-0.25, -0.2) is 4.98 Å². The number of rotatable bonds is 1. The van der Waals surface area contributed by atoms with Crippen LogP contribution < -0.4 is 0 Å². The molecule has 3 nitrogen and oxygen atoms in total. The molecule has 18 heavy (non-hydrogen) atoms. The van der Waals surface area contributed by atoms with Gasteiger partial charge in [0.1, 0.15) is 10.5 Å². The molecule has 1 aliphatic rings. The summed E-state index contributed by atoms with van der Waals surface area (Å²) >= 11 is 5.39. The number of hydrogen-bond donors (Lipinski definition) is 1. The Labute approximate surface area is 111 Å². The van der Waals surface area contributed by atoms with Crippen molar-refractivity contribution in [3.8, 4) is 11.4 Å². The Hall–Kier alpha value is -1.55. The smallest absolute Gasteiger partial charge is 0.139 e. The van der Waals surface area contributed by atoms with Gasteiger partial charge in [0.2, 0.25) is 0 Å². The van der Waals surface area contributed by atoms with Crippen LogP contribution in [-0.2, 0) is 12.8 Å². The van der Waals surface area contributed by atoms with Gasteiger partial charge in [-0.05, 0) is 45.2 Å². The van der Waals surface area contributed by atoms with E-state index >= 15 is 0 Å². The summed E-state index contributed by atoms with van der Waals surface area (Å²) in [5, 5.41) is 0. The molecule has 0 saturated heterocycles. The molecular formula is C14H15N3S. The first-order valence-electron chi connectivity index (χ1n) is 6.21. The molecular weight excluding hydrogens is 242 g/mol. The number of hydrogen-bond acceptors (Lipinski definition) is 3. The van der Waals surface area contributed by atoms with Crippen LogP contribution in [0.1, 0.15) is 29.1 Å². The normalized spacial score (nSPS) is 13.7. The van der Waals surface area contributed by atoms with Crippen molar-refractivity contribution in [1.82, 2.24) is 15.0 Å². The van der Waals surface area contributed by atoms with Crippen LogP contribution in [0.15, 0.2) is 12.1 Å². The van der Waals surface area contributed by atoms with Crippen molar-refractivity contribution < 1.29 is 0 Å². The van der Waals surface area contributed by atoms with Crippen molar-refractivity contribution >= 4 is 12.2 Å². The molecule has 0 aliphatic heterocycles. The van der Waals surface area contributed by atoms with Gasteiger partial charge in [0.15, 0.2) is 0 Å². The van der Waals surface area contributed by atoms with Crippen molar-refractivity contribution in [3.05, 3.63) is 39.4 Å². The SMILES string of the molecule is Cc1cc(-c2nc(=S)c3c([nH]2)CCC3)cc(C)n1. The second-order valence-electron chi connectivity index (χ2n) is 4.84. The first-order valence-corrected chi connectivity index (χ1v) is 6.62. The second kappa shape index (κ2) is 4.28. The van der Waals surface area contributed by atoms with Gasteiger partial charge >= 0.3 is 0 Å². The van der Waals surface area contributed by atoms with Crippen LogP contribution in [0.25, 0.3) is 11.4 Å². The number of aromatic amines is 1. The van der Waals surface area contributed by atoms with E-state index in [-0.39, 0.29) is 0 Å². The van der Waals surface area contributed by atoms with Gasteiger partial charge in [0, 0.05) is 28.2 Å². The van der Waals surface area contributed by atoms with Crippen molar-refractivity contribution in [2.75, 3.05) is 0 Å². The van der Waals surface area contributed by atoms with Gasteiger partial charge in [0.05, 0.1) is 0 Å². The Morgan fingerprint density at radius 3 is 2.56 bits per heavy atom. The number of pyridine rings is 1. The molecule has 0 radical (unpaired) electrons. The predicted molar refractivity (Wildman–Crippen MR) is 74.2 cm³/mol. The first kappa shape index (κ1) is 11.5. The fourth-order valence-corrected chi connectivity index (χ4v) is 2.88. The highest BCUT2D eigenvalue weighted by atomic mass is 32.1. The fourth-order valence-electron chi connectivity index (χ4n) is 2.57. The van der Waals surface area contributed by atoms with Gasteiger partial charge in [-0.2, -0.15) is 0 Å². The summed E-state index contributed by atoms with van der Waals surface area (Å²) in [7, 11) is 0. The Balaban J connectivity index is 2.18. The van der Waals surface area contributed by atoms with E-state index in [2.05, 4.69) is 15.0 Å². The van der Waals surface area contributed by atoms with Crippen LogP contribution in [0.2, 0.25) is 0 Å². The van der Waals surface area contributed by atoms with Gasteiger partial charge in [0.25, 0.3) is 0 Å². The monoisotopic (exact) mass is 257 g/mol. The molecule has 0 fully saturated rings. The van der Waals surface area contributed by atoms with E-state index in [1.165, 1.54) is 17.7 Å². The maximum Gasteiger partial charge on any atom is 0.139 e. The molecule has 0 saturated carbocycles. The zero-order valence-corrected chi connectivity index (χ0v) is 11.4. The molecule has 1 N–H and O–H groups in total. The van der Waals surface area contributed by atoms with Crippen molar-refractivity contribution in [3.63, 3.8) is 0 Å². The average Bonchev–Trinajstić information content (AvgIpc) is 2.76. The first-order chi connectivity index (χ1) is 8.63. The largest absolute Gasteiger partial charge is 0.343 e. The zero-order chi connectivity index (χ0) is 12.7. The molecule has 4 heteroatoms. The van der Waals surface area contributed by atoms with E-state index in [0.717, 1.165) is 40.3 Å². The Bertz CT molecular complexity index is 653. The third-order valence-corrected chi connectivity index (χ3v) is 3.65. The molecule has 2 heterocycles. The van der Waals surface area contributed by atoms with E-state index in [9.17, 15) is 0 Å². The summed E-state index contributed by atoms with van der Waals surface area (Å²) in [6.45, 7) is 4.00. The van der Waals surface area contributed by atoms with Crippen LogP contribution in [0.4, 0.5) is 0 Å². The molecule has 0 amide bonds. The molecule has 2 aromatic heterocycles. The lowest BCUT2D eigenvalue weighted by molar-refractivity contribution is 0.899. The van der Waals surface area contributed by atoms with E-state index in [1.54, 1.807) is 0 Å². The predicted octanol–water partition coefficient (Wildman–Crippen LogP) is 3.31. The minimum Gasteiger partial charge on any atom is -0.343 e. The maximum absolute atomic E-state index is 5.39. The zero-order valence-electron chi connectivity index (χ0n) is 10.6. The third kappa shape index (κ3) is 1.97. The standard InChI is InChI=1S/C14H15N3S/c1-8-6-10(7-9(2)15-8)13-16-12-5-3-4-11(12)14(18)17-13/h6-7H,3-5H2,1-2H3,(H,16,17,18). The van der Waals surface area contributed by atoms with E-state index in [1.807, 2.05) is 26.0 Å². The van der Waals surface area contributed by atoms with Crippen LogP contribution in [0.3, 0.4) is 0 Å². The highest BCUT2D eigenvalue weighted by Crippen LogP contribution is 2.24. The molecule has 1 aliphatic carbocycles. The Morgan fingerprint density at radius 2 is 1.83 bits per heavy atom. The number of fused-ring (bicyclic) bond motifs is 1. The van der Waals surface area contributed by atoms with Gasteiger partial charge in [-0.15, -0.1) is 0 Å². The molecule has 0 bridgehead atoms. The quantitative estimate of drug-likeness (QED) is 0.797. The van der Waals surface area contributed by atoms with Crippen molar-refractivity contribution in [2.45, 2.75) is 33.1 Å². The average molecular weight is 257 g/mol. The van der Waals surface area contributed by atoms with E-state index < -0.39 is 0 Å². The minimum atomic E-state index is 0.753. The number of aromatic nitrogens is 3. The molecule has 0 atom stereocenters. The van der Waals surface area contributed by atoms with Crippen LogP contribution in [-0.4, -0.2) is 15.0 Å². The number of aryl methyl sites for hydroxylation is 3. The second-order valence-corrected chi connectivity index (χ2v) is 5.23. The summed E-state index contributed by atoms with van der Waals surface area (Å²) in [4.78, 5) is 12.3. The number of H-pyrrole nitrogens is 1. The lowest BCUT2D eigenvalue weighted by Crippen LogP contribution is -1.98. The molecule has 92 valence electrons. The van der Waals surface area contributed by atoms with Gasteiger partial charge < -0.3 is 4.98 Å². The highest BCUT2D eigenvalue weighted by Gasteiger charge is 2.15. The van der Waals surface area contributed by atoms with Crippen molar-refractivity contribution in [1.29, 1.82) is 0 Å².